The monoisotopic (exact) mass is 276 g/mol. The second-order valence-electron chi connectivity index (χ2n) is 7.25. The summed E-state index contributed by atoms with van der Waals surface area (Å²) in [5.41, 5.74) is 1.47. The SMILES string of the molecule is CCCCCC(CC(C)C(C)(C)C)c1ccccc1O. The minimum Gasteiger partial charge on any atom is -0.508 e. The first kappa shape index (κ1) is 17.1. The molecule has 1 heteroatoms. The van der Waals surface area contributed by atoms with Crippen molar-refractivity contribution >= 4 is 0 Å². The van der Waals surface area contributed by atoms with Crippen molar-refractivity contribution in [3.63, 3.8) is 0 Å². The highest BCUT2D eigenvalue weighted by atomic mass is 16.3. The molecule has 1 rings (SSSR count). The average molecular weight is 276 g/mol. The van der Waals surface area contributed by atoms with Crippen LogP contribution < -0.4 is 0 Å². The second kappa shape index (κ2) is 7.71. The van der Waals surface area contributed by atoms with Crippen LogP contribution in [0.15, 0.2) is 24.3 Å². The van der Waals surface area contributed by atoms with E-state index in [1.54, 1.807) is 0 Å². The molecule has 1 aromatic carbocycles. The maximum atomic E-state index is 10.2. The van der Waals surface area contributed by atoms with Gasteiger partial charge in [0.2, 0.25) is 0 Å². The van der Waals surface area contributed by atoms with E-state index >= 15 is 0 Å². The zero-order valence-corrected chi connectivity index (χ0v) is 13.9. The van der Waals surface area contributed by atoms with E-state index in [4.69, 9.17) is 0 Å². The van der Waals surface area contributed by atoms with Crippen molar-refractivity contribution in [1.82, 2.24) is 0 Å². The molecule has 1 N–H and O–H groups in total. The summed E-state index contributed by atoms with van der Waals surface area (Å²) in [7, 11) is 0. The van der Waals surface area contributed by atoms with Gasteiger partial charge < -0.3 is 5.11 Å². The van der Waals surface area contributed by atoms with E-state index in [-0.39, 0.29) is 0 Å². The van der Waals surface area contributed by atoms with E-state index in [0.717, 1.165) is 12.0 Å². The fourth-order valence-electron chi connectivity index (χ4n) is 2.65. The molecule has 114 valence electrons. The van der Waals surface area contributed by atoms with Gasteiger partial charge in [0.15, 0.2) is 0 Å². The molecular formula is C19H32O. The molecule has 0 aliphatic carbocycles. The molecule has 0 spiro atoms. The van der Waals surface area contributed by atoms with E-state index < -0.39 is 0 Å². The van der Waals surface area contributed by atoms with Crippen LogP contribution in [0.3, 0.4) is 0 Å². The van der Waals surface area contributed by atoms with E-state index in [9.17, 15) is 5.11 Å². The van der Waals surface area contributed by atoms with Gasteiger partial charge in [-0.05, 0) is 41.7 Å². The molecule has 0 fully saturated rings. The smallest absolute Gasteiger partial charge is 0.119 e. The lowest BCUT2D eigenvalue weighted by Gasteiger charge is -2.31. The van der Waals surface area contributed by atoms with Crippen molar-refractivity contribution in [2.24, 2.45) is 11.3 Å². The van der Waals surface area contributed by atoms with E-state index in [2.05, 4.69) is 40.7 Å². The van der Waals surface area contributed by atoms with Crippen LogP contribution >= 0.6 is 0 Å². The third-order valence-electron chi connectivity index (χ3n) is 4.65. The molecule has 0 heterocycles. The molecule has 20 heavy (non-hydrogen) atoms. The molecule has 0 amide bonds. The molecule has 0 saturated carbocycles. The molecule has 1 nitrogen and oxygen atoms in total. The first-order chi connectivity index (χ1) is 9.36. The molecule has 1 aromatic rings. The topological polar surface area (TPSA) is 20.2 Å². The number of aromatic hydroxyl groups is 1. The van der Waals surface area contributed by atoms with E-state index in [1.165, 1.54) is 25.7 Å². The third-order valence-corrected chi connectivity index (χ3v) is 4.65. The van der Waals surface area contributed by atoms with Gasteiger partial charge in [-0.1, -0.05) is 72.1 Å². The van der Waals surface area contributed by atoms with Gasteiger partial charge in [-0.15, -0.1) is 0 Å². The standard InChI is InChI=1S/C19H32O/c1-6-7-8-11-16(14-15(2)19(3,4)5)17-12-9-10-13-18(17)20/h9-10,12-13,15-16,20H,6-8,11,14H2,1-5H3. The number of unbranched alkanes of at least 4 members (excludes halogenated alkanes) is 2. The summed E-state index contributed by atoms with van der Waals surface area (Å²) in [6, 6.07) is 7.88. The van der Waals surface area contributed by atoms with Crippen LogP contribution in [0.2, 0.25) is 0 Å². The fraction of sp³-hybridized carbons (Fsp3) is 0.684. The third kappa shape index (κ3) is 5.19. The number of hydrogen-bond donors (Lipinski definition) is 1. The Morgan fingerprint density at radius 3 is 2.30 bits per heavy atom. The Morgan fingerprint density at radius 1 is 1.10 bits per heavy atom. The van der Waals surface area contributed by atoms with Gasteiger partial charge in [0.1, 0.15) is 5.75 Å². The summed E-state index contributed by atoms with van der Waals surface area (Å²) in [6.07, 6.45) is 6.14. The summed E-state index contributed by atoms with van der Waals surface area (Å²) in [5, 5.41) is 10.2. The van der Waals surface area contributed by atoms with Gasteiger partial charge in [-0.25, -0.2) is 0 Å². The normalized spacial score (nSPS) is 15.1. The summed E-state index contributed by atoms with van der Waals surface area (Å²) in [5.74, 6) is 1.60. The summed E-state index contributed by atoms with van der Waals surface area (Å²) in [6.45, 7) is 11.5. The Hall–Kier alpha value is -0.980. The number of phenolic OH excluding ortho intramolecular Hbond substituents is 1. The highest BCUT2D eigenvalue weighted by molar-refractivity contribution is 5.34. The van der Waals surface area contributed by atoms with Gasteiger partial charge >= 0.3 is 0 Å². The zero-order chi connectivity index (χ0) is 15.2. The quantitative estimate of drug-likeness (QED) is 0.594. The van der Waals surface area contributed by atoms with Crippen LogP contribution in [-0.2, 0) is 0 Å². The van der Waals surface area contributed by atoms with Gasteiger partial charge in [-0.2, -0.15) is 0 Å². The first-order valence-corrected chi connectivity index (χ1v) is 8.14. The molecule has 0 radical (unpaired) electrons. The Balaban J connectivity index is 2.83. The van der Waals surface area contributed by atoms with Crippen molar-refractivity contribution in [2.45, 2.75) is 72.6 Å². The minimum atomic E-state index is 0.327. The Morgan fingerprint density at radius 2 is 1.75 bits per heavy atom. The summed E-state index contributed by atoms with van der Waals surface area (Å²) >= 11 is 0. The van der Waals surface area contributed by atoms with Gasteiger partial charge in [0.25, 0.3) is 0 Å². The molecular weight excluding hydrogens is 244 g/mol. The summed E-state index contributed by atoms with van der Waals surface area (Å²) < 4.78 is 0. The lowest BCUT2D eigenvalue weighted by molar-refractivity contribution is 0.228. The number of hydrogen-bond acceptors (Lipinski definition) is 1. The van der Waals surface area contributed by atoms with Gasteiger partial charge in [0, 0.05) is 0 Å². The lowest BCUT2D eigenvalue weighted by Crippen LogP contribution is -2.20. The van der Waals surface area contributed by atoms with Crippen molar-refractivity contribution in [1.29, 1.82) is 0 Å². The molecule has 2 atom stereocenters. The van der Waals surface area contributed by atoms with Gasteiger partial charge in [-0.3, -0.25) is 0 Å². The van der Waals surface area contributed by atoms with Crippen molar-refractivity contribution in [2.75, 3.05) is 0 Å². The van der Waals surface area contributed by atoms with Crippen LogP contribution in [0.25, 0.3) is 0 Å². The van der Waals surface area contributed by atoms with Crippen molar-refractivity contribution in [3.05, 3.63) is 29.8 Å². The van der Waals surface area contributed by atoms with Gasteiger partial charge in [0.05, 0.1) is 0 Å². The molecule has 0 aliphatic rings. The molecule has 0 aliphatic heterocycles. The van der Waals surface area contributed by atoms with Crippen LogP contribution in [-0.4, -0.2) is 5.11 Å². The zero-order valence-electron chi connectivity index (χ0n) is 13.9. The number of benzene rings is 1. The van der Waals surface area contributed by atoms with Crippen LogP contribution in [0, 0.1) is 11.3 Å². The number of para-hydroxylation sites is 1. The first-order valence-electron chi connectivity index (χ1n) is 8.14. The molecule has 0 bridgehead atoms. The predicted octanol–water partition coefficient (Wildman–Crippen LogP) is 6.13. The highest BCUT2D eigenvalue weighted by Crippen LogP contribution is 2.39. The number of phenols is 1. The fourth-order valence-corrected chi connectivity index (χ4v) is 2.65. The minimum absolute atomic E-state index is 0.327. The number of rotatable bonds is 7. The predicted molar refractivity (Wildman–Crippen MR) is 88.2 cm³/mol. The molecule has 0 aromatic heterocycles. The Kier molecular flexibility index (Phi) is 6.58. The molecule has 2 unspecified atom stereocenters. The average Bonchev–Trinajstić information content (AvgIpc) is 2.37. The van der Waals surface area contributed by atoms with E-state index in [0.29, 0.717) is 23.0 Å². The maximum absolute atomic E-state index is 10.2. The van der Waals surface area contributed by atoms with Crippen molar-refractivity contribution < 1.29 is 5.11 Å². The Bertz CT molecular complexity index is 389. The largest absolute Gasteiger partial charge is 0.508 e. The van der Waals surface area contributed by atoms with Crippen LogP contribution in [0.1, 0.15) is 78.2 Å². The highest BCUT2D eigenvalue weighted by Gasteiger charge is 2.25. The molecule has 0 saturated heterocycles. The maximum Gasteiger partial charge on any atom is 0.119 e. The van der Waals surface area contributed by atoms with Crippen LogP contribution in [0.4, 0.5) is 0 Å². The second-order valence-corrected chi connectivity index (χ2v) is 7.25. The van der Waals surface area contributed by atoms with E-state index in [1.807, 2.05) is 18.2 Å². The van der Waals surface area contributed by atoms with Crippen molar-refractivity contribution in [3.8, 4) is 5.75 Å². The summed E-state index contributed by atoms with van der Waals surface area (Å²) in [4.78, 5) is 0. The lowest BCUT2D eigenvalue weighted by atomic mass is 9.74. The van der Waals surface area contributed by atoms with Crippen LogP contribution in [0.5, 0.6) is 5.75 Å². The Labute approximate surface area is 125 Å².